The van der Waals surface area contributed by atoms with E-state index < -0.39 is 0 Å². The zero-order valence-electron chi connectivity index (χ0n) is 22.2. The molecule has 0 aromatic rings. The number of hydrogen-bond acceptors (Lipinski definition) is 0. The zero-order chi connectivity index (χ0) is 23.4. The van der Waals surface area contributed by atoms with Gasteiger partial charge in [0.2, 0.25) is 0 Å². The molecular weight excluding hydrogens is 372 g/mol. The van der Waals surface area contributed by atoms with Crippen molar-refractivity contribution in [1.29, 1.82) is 0 Å². The maximum Gasteiger partial charge on any atom is -0.0142 e. The molecule has 0 nitrogen and oxygen atoms in total. The third kappa shape index (κ3) is 10.7. The first-order chi connectivity index (χ1) is 14.6. The topological polar surface area (TPSA) is 0 Å². The fraction of sp³-hybridized carbons (Fsp3) is 0.677. The monoisotopic (exact) mass is 424 g/mol. The van der Waals surface area contributed by atoms with Crippen molar-refractivity contribution < 1.29 is 0 Å². The second kappa shape index (κ2) is 14.0. The average molecular weight is 425 g/mol. The molecule has 1 aliphatic rings. The molecule has 0 heteroatoms. The Morgan fingerprint density at radius 2 is 1.68 bits per heavy atom. The lowest BCUT2D eigenvalue weighted by Crippen LogP contribution is -2.20. The molecule has 0 bridgehead atoms. The van der Waals surface area contributed by atoms with Crippen molar-refractivity contribution in [3.8, 4) is 0 Å². The Labute approximate surface area is 195 Å². The van der Waals surface area contributed by atoms with Gasteiger partial charge in [-0.05, 0) is 116 Å². The van der Waals surface area contributed by atoms with E-state index >= 15 is 0 Å². The summed E-state index contributed by atoms with van der Waals surface area (Å²) in [5, 5.41) is 0. The van der Waals surface area contributed by atoms with Crippen molar-refractivity contribution >= 4 is 0 Å². The van der Waals surface area contributed by atoms with Gasteiger partial charge in [-0.2, -0.15) is 0 Å². The van der Waals surface area contributed by atoms with Crippen molar-refractivity contribution in [2.45, 2.75) is 120 Å². The minimum Gasteiger partial charge on any atom is -0.103 e. The summed E-state index contributed by atoms with van der Waals surface area (Å²) in [6, 6.07) is 0. The molecule has 0 heterocycles. The van der Waals surface area contributed by atoms with E-state index in [0.717, 1.165) is 12.8 Å². The Morgan fingerprint density at radius 3 is 2.29 bits per heavy atom. The Hall–Kier alpha value is -1.30. The molecule has 0 amide bonds. The molecule has 0 aromatic heterocycles. The molecule has 0 aliphatic heterocycles. The van der Waals surface area contributed by atoms with Gasteiger partial charge >= 0.3 is 0 Å². The number of rotatable bonds is 13. The maximum atomic E-state index is 4.13. The van der Waals surface area contributed by atoms with Gasteiger partial charge in [0.1, 0.15) is 0 Å². The Kier molecular flexibility index (Phi) is 12.5. The van der Waals surface area contributed by atoms with Crippen molar-refractivity contribution in [3.63, 3.8) is 0 Å². The van der Waals surface area contributed by atoms with E-state index in [1.807, 2.05) is 0 Å². The van der Waals surface area contributed by atoms with E-state index in [0.29, 0.717) is 17.3 Å². The van der Waals surface area contributed by atoms with Gasteiger partial charge < -0.3 is 0 Å². The maximum absolute atomic E-state index is 4.13. The molecule has 176 valence electrons. The second-order valence-corrected chi connectivity index (χ2v) is 11.1. The van der Waals surface area contributed by atoms with Gasteiger partial charge in [0.25, 0.3) is 0 Å². The van der Waals surface area contributed by atoms with E-state index in [-0.39, 0.29) is 0 Å². The van der Waals surface area contributed by atoms with Gasteiger partial charge in [-0.1, -0.05) is 72.9 Å². The third-order valence-electron chi connectivity index (χ3n) is 7.43. The molecule has 0 N–H and O–H groups in total. The fourth-order valence-electron chi connectivity index (χ4n) is 5.05. The highest BCUT2D eigenvalue weighted by Gasteiger charge is 2.27. The van der Waals surface area contributed by atoms with Crippen LogP contribution in [0.2, 0.25) is 0 Å². The molecule has 31 heavy (non-hydrogen) atoms. The number of hydrogen-bond donors (Lipinski definition) is 0. The minimum atomic E-state index is 0.408. The van der Waals surface area contributed by atoms with Crippen LogP contribution >= 0.6 is 0 Å². The van der Waals surface area contributed by atoms with Crippen molar-refractivity contribution in [2.24, 2.45) is 17.3 Å². The summed E-state index contributed by atoms with van der Waals surface area (Å²) in [6.07, 6.45) is 21.9. The highest BCUT2D eigenvalue weighted by Crippen LogP contribution is 2.42. The van der Waals surface area contributed by atoms with Gasteiger partial charge in [0.05, 0.1) is 0 Å². The molecule has 0 aromatic carbocycles. The van der Waals surface area contributed by atoms with Crippen LogP contribution in [-0.4, -0.2) is 0 Å². The lowest BCUT2D eigenvalue weighted by molar-refractivity contribution is 0.354. The molecule has 2 atom stereocenters. The molecule has 0 spiro atoms. The summed E-state index contributed by atoms with van der Waals surface area (Å²) in [7, 11) is 0. The standard InChI is InChI=1S/C31H52/c1-10-29(21-19-25(4)15-11-14-24(2)3)27(6)17-12-16-26(5)20-22-30-28(7)18-13-23-31(30,8)9/h10,14,16,19,27,29H,1,11-13,15,17-18,20-23H2,2-9H3. The van der Waals surface area contributed by atoms with E-state index in [1.54, 1.807) is 16.7 Å². The molecular formula is C31H52. The summed E-state index contributed by atoms with van der Waals surface area (Å²) in [6.45, 7) is 22.8. The molecule has 0 saturated carbocycles. The SMILES string of the molecule is C=CC(CC=C(C)CCC=C(C)C)C(C)CCC=C(C)CCC1=C(C)CCCC1(C)C. The van der Waals surface area contributed by atoms with Crippen LogP contribution in [0.1, 0.15) is 120 Å². The van der Waals surface area contributed by atoms with Crippen LogP contribution in [0.3, 0.4) is 0 Å². The molecule has 0 saturated heterocycles. The van der Waals surface area contributed by atoms with Crippen LogP contribution in [0, 0.1) is 17.3 Å². The highest BCUT2D eigenvalue weighted by molar-refractivity contribution is 5.23. The minimum absolute atomic E-state index is 0.408. The first-order valence-corrected chi connectivity index (χ1v) is 12.8. The Morgan fingerprint density at radius 1 is 1.00 bits per heavy atom. The summed E-state index contributed by atoms with van der Waals surface area (Å²) in [5.74, 6) is 1.27. The summed E-state index contributed by atoms with van der Waals surface area (Å²) in [4.78, 5) is 0. The summed E-state index contributed by atoms with van der Waals surface area (Å²) in [5.41, 5.74) is 8.31. The van der Waals surface area contributed by atoms with E-state index in [9.17, 15) is 0 Å². The van der Waals surface area contributed by atoms with Crippen molar-refractivity contribution in [2.75, 3.05) is 0 Å². The first-order valence-electron chi connectivity index (χ1n) is 12.8. The lowest BCUT2D eigenvalue weighted by atomic mass is 9.71. The largest absolute Gasteiger partial charge is 0.103 e. The Balaban J connectivity index is 2.46. The predicted molar refractivity (Wildman–Crippen MR) is 142 cm³/mol. The smallest absolute Gasteiger partial charge is 0.0142 e. The van der Waals surface area contributed by atoms with Crippen LogP contribution in [0.25, 0.3) is 0 Å². The number of allylic oxidation sites excluding steroid dienone is 9. The molecule has 0 fully saturated rings. The van der Waals surface area contributed by atoms with E-state index in [2.05, 4.69) is 86.3 Å². The van der Waals surface area contributed by atoms with Gasteiger partial charge in [-0.15, -0.1) is 6.58 Å². The van der Waals surface area contributed by atoms with Crippen LogP contribution in [0.5, 0.6) is 0 Å². The Bertz CT molecular complexity index is 673. The average Bonchev–Trinajstić information content (AvgIpc) is 2.67. The molecule has 1 rings (SSSR count). The van der Waals surface area contributed by atoms with Crippen molar-refractivity contribution in [1.82, 2.24) is 0 Å². The van der Waals surface area contributed by atoms with Crippen LogP contribution in [0.4, 0.5) is 0 Å². The van der Waals surface area contributed by atoms with Crippen LogP contribution in [0.15, 0.2) is 58.7 Å². The fourth-order valence-corrected chi connectivity index (χ4v) is 5.05. The highest BCUT2D eigenvalue weighted by atomic mass is 14.3. The van der Waals surface area contributed by atoms with Crippen molar-refractivity contribution in [3.05, 3.63) is 58.7 Å². The quantitative estimate of drug-likeness (QED) is 0.258. The second-order valence-electron chi connectivity index (χ2n) is 11.1. The van der Waals surface area contributed by atoms with E-state index in [4.69, 9.17) is 0 Å². The zero-order valence-corrected chi connectivity index (χ0v) is 22.2. The van der Waals surface area contributed by atoms with Crippen LogP contribution in [-0.2, 0) is 0 Å². The van der Waals surface area contributed by atoms with Gasteiger partial charge in [0.15, 0.2) is 0 Å². The molecule has 1 aliphatic carbocycles. The van der Waals surface area contributed by atoms with E-state index in [1.165, 1.54) is 62.5 Å². The molecule has 0 radical (unpaired) electrons. The lowest BCUT2D eigenvalue weighted by Gasteiger charge is -2.35. The third-order valence-corrected chi connectivity index (χ3v) is 7.43. The molecule has 2 unspecified atom stereocenters. The van der Waals surface area contributed by atoms with Gasteiger partial charge in [0, 0.05) is 0 Å². The summed E-state index contributed by atoms with van der Waals surface area (Å²) < 4.78 is 0. The summed E-state index contributed by atoms with van der Waals surface area (Å²) >= 11 is 0. The van der Waals surface area contributed by atoms with Crippen LogP contribution < -0.4 is 0 Å². The van der Waals surface area contributed by atoms with Gasteiger partial charge in [-0.25, -0.2) is 0 Å². The first kappa shape index (κ1) is 27.7. The normalized spacial score (nSPS) is 19.2. The van der Waals surface area contributed by atoms with Gasteiger partial charge in [-0.3, -0.25) is 0 Å². The predicted octanol–water partition coefficient (Wildman–Crippen LogP) is 10.5.